The number of benzene rings is 1. The van der Waals surface area contributed by atoms with Gasteiger partial charge in [0.05, 0.1) is 0 Å². The molecule has 96 valence electrons. The Morgan fingerprint density at radius 2 is 2.06 bits per heavy atom. The third kappa shape index (κ3) is 4.78. The molecule has 2 nitrogen and oxygen atoms in total. The van der Waals surface area contributed by atoms with Crippen LogP contribution in [-0.4, -0.2) is 0 Å². The van der Waals surface area contributed by atoms with Gasteiger partial charge in [-0.25, -0.2) is 0 Å². The van der Waals surface area contributed by atoms with E-state index < -0.39 is 0 Å². The summed E-state index contributed by atoms with van der Waals surface area (Å²) < 4.78 is 1.13. The molecule has 1 aromatic carbocycles. The van der Waals surface area contributed by atoms with Crippen molar-refractivity contribution in [3.8, 4) is 0 Å². The van der Waals surface area contributed by atoms with E-state index in [2.05, 4.69) is 53.4 Å². The third-order valence-corrected chi connectivity index (χ3v) is 3.65. The average Bonchev–Trinajstić information content (AvgIpc) is 2.31. The van der Waals surface area contributed by atoms with Gasteiger partial charge in [-0.2, -0.15) is 0 Å². The number of nitrogens with one attached hydrogen (secondary N) is 1. The quantitative estimate of drug-likeness (QED) is 0.449. The first-order valence-electron chi connectivity index (χ1n) is 6.41. The minimum atomic E-state index is 0.278. The van der Waals surface area contributed by atoms with Crippen LogP contribution >= 0.6 is 15.9 Å². The Morgan fingerprint density at radius 3 is 2.65 bits per heavy atom. The molecule has 0 fully saturated rings. The van der Waals surface area contributed by atoms with Crippen LogP contribution < -0.4 is 11.3 Å². The molecule has 1 rings (SSSR count). The molecule has 0 aliphatic carbocycles. The third-order valence-electron chi connectivity index (χ3n) is 3.15. The van der Waals surface area contributed by atoms with E-state index in [9.17, 15) is 0 Å². The summed E-state index contributed by atoms with van der Waals surface area (Å²) >= 11 is 3.49. The molecule has 0 heterocycles. The number of halogens is 1. The molecule has 17 heavy (non-hydrogen) atoms. The molecule has 0 spiro atoms. The number of hydrogen-bond acceptors (Lipinski definition) is 2. The standard InChI is InChI=1S/C14H23BrN2/c1-3-4-5-6-7-14(17-16)13-9-8-12(15)10-11(13)2/h8-10,14,17H,3-7,16H2,1-2H3. The summed E-state index contributed by atoms with van der Waals surface area (Å²) in [6.45, 7) is 4.37. The number of hydrogen-bond donors (Lipinski definition) is 2. The Morgan fingerprint density at radius 1 is 1.29 bits per heavy atom. The number of rotatable bonds is 7. The summed E-state index contributed by atoms with van der Waals surface area (Å²) in [5, 5.41) is 0. The van der Waals surface area contributed by atoms with E-state index in [1.165, 1.54) is 36.8 Å². The minimum Gasteiger partial charge on any atom is -0.271 e. The van der Waals surface area contributed by atoms with Gasteiger partial charge in [-0.1, -0.05) is 54.6 Å². The summed E-state index contributed by atoms with van der Waals surface area (Å²) in [6, 6.07) is 6.66. The average molecular weight is 299 g/mol. The van der Waals surface area contributed by atoms with Gasteiger partial charge in [-0.05, 0) is 36.6 Å². The zero-order valence-corrected chi connectivity index (χ0v) is 12.4. The van der Waals surface area contributed by atoms with Crippen molar-refractivity contribution in [2.45, 2.75) is 52.0 Å². The van der Waals surface area contributed by atoms with Crippen LogP contribution in [0, 0.1) is 6.92 Å². The zero-order valence-electron chi connectivity index (χ0n) is 10.8. The summed E-state index contributed by atoms with van der Waals surface area (Å²) in [5.74, 6) is 5.66. The Bertz CT molecular complexity index is 339. The number of hydrazine groups is 1. The second-order valence-electron chi connectivity index (χ2n) is 4.57. The Labute approximate surface area is 113 Å². The molecule has 1 atom stereocenters. The fourth-order valence-corrected chi connectivity index (χ4v) is 2.61. The number of nitrogens with two attached hydrogens (primary N) is 1. The lowest BCUT2D eigenvalue weighted by Crippen LogP contribution is -2.28. The maximum absolute atomic E-state index is 5.66. The first-order valence-corrected chi connectivity index (χ1v) is 7.20. The van der Waals surface area contributed by atoms with Crippen molar-refractivity contribution in [1.29, 1.82) is 0 Å². The molecule has 1 aromatic rings. The van der Waals surface area contributed by atoms with Gasteiger partial charge in [-0.3, -0.25) is 11.3 Å². The van der Waals surface area contributed by atoms with Gasteiger partial charge in [0.15, 0.2) is 0 Å². The van der Waals surface area contributed by atoms with Crippen LogP contribution in [-0.2, 0) is 0 Å². The first-order chi connectivity index (χ1) is 8.19. The van der Waals surface area contributed by atoms with Crippen LogP contribution in [0.1, 0.15) is 56.2 Å². The summed E-state index contributed by atoms with van der Waals surface area (Å²) in [6.07, 6.45) is 6.23. The van der Waals surface area contributed by atoms with Crippen molar-refractivity contribution in [2.24, 2.45) is 5.84 Å². The van der Waals surface area contributed by atoms with Crippen LogP contribution in [0.3, 0.4) is 0 Å². The molecule has 0 radical (unpaired) electrons. The summed E-state index contributed by atoms with van der Waals surface area (Å²) in [5.41, 5.74) is 5.54. The number of unbranched alkanes of at least 4 members (excludes halogenated alkanes) is 3. The summed E-state index contributed by atoms with van der Waals surface area (Å²) in [4.78, 5) is 0. The molecule has 0 amide bonds. The van der Waals surface area contributed by atoms with E-state index in [0.29, 0.717) is 0 Å². The molecular weight excluding hydrogens is 276 g/mol. The van der Waals surface area contributed by atoms with E-state index in [4.69, 9.17) is 5.84 Å². The molecule has 0 saturated heterocycles. The fraction of sp³-hybridized carbons (Fsp3) is 0.571. The predicted molar refractivity (Wildman–Crippen MR) is 77.7 cm³/mol. The Kier molecular flexibility index (Phi) is 6.78. The van der Waals surface area contributed by atoms with Crippen LogP contribution in [0.25, 0.3) is 0 Å². The fourth-order valence-electron chi connectivity index (χ4n) is 2.13. The highest BCUT2D eigenvalue weighted by molar-refractivity contribution is 9.10. The van der Waals surface area contributed by atoms with Crippen LogP contribution in [0.2, 0.25) is 0 Å². The molecule has 0 aliphatic heterocycles. The van der Waals surface area contributed by atoms with Gasteiger partial charge in [0, 0.05) is 10.5 Å². The van der Waals surface area contributed by atoms with E-state index in [1.807, 2.05) is 0 Å². The second-order valence-corrected chi connectivity index (χ2v) is 5.49. The van der Waals surface area contributed by atoms with Gasteiger partial charge in [0.25, 0.3) is 0 Å². The van der Waals surface area contributed by atoms with Gasteiger partial charge in [-0.15, -0.1) is 0 Å². The van der Waals surface area contributed by atoms with E-state index in [0.717, 1.165) is 10.9 Å². The normalized spacial score (nSPS) is 12.7. The monoisotopic (exact) mass is 298 g/mol. The predicted octanol–water partition coefficient (Wildman–Crippen LogP) is 4.23. The Hall–Kier alpha value is -0.380. The van der Waals surface area contributed by atoms with Crippen molar-refractivity contribution in [3.05, 3.63) is 33.8 Å². The molecular formula is C14H23BrN2. The molecule has 0 bridgehead atoms. The minimum absolute atomic E-state index is 0.278. The lowest BCUT2D eigenvalue weighted by atomic mass is 9.97. The van der Waals surface area contributed by atoms with Gasteiger partial charge < -0.3 is 0 Å². The molecule has 3 heteroatoms. The SMILES string of the molecule is CCCCCCC(NN)c1ccc(Br)cc1C. The highest BCUT2D eigenvalue weighted by Gasteiger charge is 2.11. The Balaban J connectivity index is 2.59. The largest absolute Gasteiger partial charge is 0.271 e. The van der Waals surface area contributed by atoms with Crippen LogP contribution in [0.4, 0.5) is 0 Å². The van der Waals surface area contributed by atoms with Crippen molar-refractivity contribution in [2.75, 3.05) is 0 Å². The zero-order chi connectivity index (χ0) is 12.7. The highest BCUT2D eigenvalue weighted by Crippen LogP contribution is 2.25. The van der Waals surface area contributed by atoms with Crippen LogP contribution in [0.5, 0.6) is 0 Å². The van der Waals surface area contributed by atoms with Crippen molar-refractivity contribution in [3.63, 3.8) is 0 Å². The second kappa shape index (κ2) is 7.85. The van der Waals surface area contributed by atoms with Gasteiger partial charge >= 0.3 is 0 Å². The van der Waals surface area contributed by atoms with Gasteiger partial charge in [0.2, 0.25) is 0 Å². The summed E-state index contributed by atoms with van der Waals surface area (Å²) in [7, 11) is 0. The van der Waals surface area contributed by atoms with Crippen LogP contribution in [0.15, 0.2) is 22.7 Å². The molecule has 1 unspecified atom stereocenters. The highest BCUT2D eigenvalue weighted by atomic mass is 79.9. The van der Waals surface area contributed by atoms with Gasteiger partial charge in [0.1, 0.15) is 0 Å². The van der Waals surface area contributed by atoms with E-state index in [1.54, 1.807) is 0 Å². The maximum Gasteiger partial charge on any atom is 0.0462 e. The molecule has 0 aliphatic rings. The number of aryl methyl sites for hydroxylation is 1. The van der Waals surface area contributed by atoms with Crippen molar-refractivity contribution in [1.82, 2.24) is 5.43 Å². The van der Waals surface area contributed by atoms with E-state index >= 15 is 0 Å². The molecule has 3 N–H and O–H groups in total. The van der Waals surface area contributed by atoms with Crippen molar-refractivity contribution < 1.29 is 0 Å². The molecule has 0 saturated carbocycles. The smallest absolute Gasteiger partial charge is 0.0462 e. The van der Waals surface area contributed by atoms with Crippen molar-refractivity contribution >= 4 is 15.9 Å². The lowest BCUT2D eigenvalue weighted by molar-refractivity contribution is 0.480. The topological polar surface area (TPSA) is 38.0 Å². The lowest BCUT2D eigenvalue weighted by Gasteiger charge is -2.18. The molecule has 0 aromatic heterocycles. The first kappa shape index (κ1) is 14.7. The van der Waals surface area contributed by atoms with E-state index in [-0.39, 0.29) is 6.04 Å². The maximum atomic E-state index is 5.66.